The second-order valence-electron chi connectivity index (χ2n) is 5.53. The van der Waals surface area contributed by atoms with E-state index in [1.165, 1.54) is 6.07 Å². The van der Waals surface area contributed by atoms with Gasteiger partial charge in [-0.25, -0.2) is 4.79 Å². The Hall–Kier alpha value is -1.75. The van der Waals surface area contributed by atoms with Gasteiger partial charge >= 0.3 is 6.09 Å². The van der Waals surface area contributed by atoms with Crippen molar-refractivity contribution in [3.05, 3.63) is 23.8 Å². The fraction of sp³-hybridized carbons (Fsp3) is 0.500. The molecule has 0 aliphatic rings. The maximum atomic E-state index is 11.6. The van der Waals surface area contributed by atoms with Gasteiger partial charge in [0.05, 0.1) is 11.8 Å². The molecule has 0 aromatic heterocycles. The molecule has 0 radical (unpaired) electrons. The molecule has 1 amide bonds. The molecule has 5 nitrogen and oxygen atoms in total. The van der Waals surface area contributed by atoms with Gasteiger partial charge in [0.25, 0.3) is 0 Å². The van der Waals surface area contributed by atoms with Crippen molar-refractivity contribution in [1.29, 1.82) is 0 Å². The molecule has 1 atom stereocenters. The van der Waals surface area contributed by atoms with Crippen LogP contribution >= 0.6 is 0 Å². The van der Waals surface area contributed by atoms with Crippen LogP contribution in [0.1, 0.15) is 33.3 Å². The average molecular weight is 267 g/mol. The van der Waals surface area contributed by atoms with Crippen LogP contribution in [0.2, 0.25) is 0 Å². The summed E-state index contributed by atoms with van der Waals surface area (Å²) in [7, 11) is 0. The number of hydrogen-bond acceptors (Lipinski definition) is 4. The van der Waals surface area contributed by atoms with Gasteiger partial charge in [0.1, 0.15) is 11.4 Å². The summed E-state index contributed by atoms with van der Waals surface area (Å²) in [5.41, 5.74) is 0.489. The summed E-state index contributed by atoms with van der Waals surface area (Å²) < 4.78 is 5.11. The highest BCUT2D eigenvalue weighted by Gasteiger charge is 2.17. The maximum absolute atomic E-state index is 11.6. The number of amides is 1. The number of rotatable bonds is 3. The van der Waals surface area contributed by atoms with Crippen LogP contribution in [0, 0.1) is 0 Å². The van der Waals surface area contributed by atoms with Crippen molar-refractivity contribution >= 4 is 11.8 Å². The molecule has 1 aromatic carbocycles. The van der Waals surface area contributed by atoms with Crippen molar-refractivity contribution in [2.45, 2.75) is 45.8 Å². The van der Waals surface area contributed by atoms with E-state index in [4.69, 9.17) is 4.74 Å². The number of aliphatic hydroxyl groups is 1. The number of phenols is 1. The van der Waals surface area contributed by atoms with Crippen molar-refractivity contribution in [2.75, 3.05) is 5.32 Å². The molecule has 0 saturated heterocycles. The molecule has 106 valence electrons. The lowest BCUT2D eigenvalue weighted by atomic mass is 10.1. The topological polar surface area (TPSA) is 78.8 Å². The third-order valence-electron chi connectivity index (χ3n) is 2.23. The first-order chi connectivity index (χ1) is 8.67. The van der Waals surface area contributed by atoms with E-state index in [0.29, 0.717) is 6.42 Å². The van der Waals surface area contributed by atoms with Crippen LogP contribution in [-0.4, -0.2) is 28.0 Å². The number of benzene rings is 1. The SMILES string of the molecule is C[C@H](O)Cc1ccc(O)c(NC(=O)OC(C)(C)C)c1. The molecule has 19 heavy (non-hydrogen) atoms. The molecule has 0 spiro atoms. The second-order valence-corrected chi connectivity index (χ2v) is 5.53. The third kappa shape index (κ3) is 5.61. The maximum Gasteiger partial charge on any atom is 0.412 e. The zero-order chi connectivity index (χ0) is 14.6. The first-order valence-corrected chi connectivity index (χ1v) is 6.17. The molecule has 0 saturated carbocycles. The van der Waals surface area contributed by atoms with Crippen LogP contribution in [0.15, 0.2) is 18.2 Å². The van der Waals surface area contributed by atoms with Gasteiger partial charge in [0.2, 0.25) is 0 Å². The molecule has 1 rings (SSSR count). The van der Waals surface area contributed by atoms with Crippen LogP contribution in [0.25, 0.3) is 0 Å². The molecule has 0 heterocycles. The highest BCUT2D eigenvalue weighted by atomic mass is 16.6. The molecule has 1 aromatic rings. The minimum absolute atomic E-state index is 0.0415. The predicted molar refractivity (Wildman–Crippen MR) is 73.3 cm³/mol. The van der Waals surface area contributed by atoms with Crippen molar-refractivity contribution < 1.29 is 19.7 Å². The number of ether oxygens (including phenoxy) is 1. The number of hydrogen-bond donors (Lipinski definition) is 3. The van der Waals surface area contributed by atoms with Gasteiger partial charge in [-0.1, -0.05) is 6.07 Å². The Morgan fingerprint density at radius 3 is 2.58 bits per heavy atom. The fourth-order valence-corrected chi connectivity index (χ4v) is 1.56. The average Bonchev–Trinajstić information content (AvgIpc) is 2.19. The van der Waals surface area contributed by atoms with Gasteiger partial charge in [0, 0.05) is 0 Å². The number of carbonyl (C=O) groups excluding carboxylic acids is 1. The highest BCUT2D eigenvalue weighted by Crippen LogP contribution is 2.25. The summed E-state index contributed by atoms with van der Waals surface area (Å²) in [5, 5.41) is 21.5. The first-order valence-electron chi connectivity index (χ1n) is 6.17. The number of aromatic hydroxyl groups is 1. The smallest absolute Gasteiger partial charge is 0.412 e. The normalized spacial score (nSPS) is 12.9. The Balaban J connectivity index is 2.79. The van der Waals surface area contributed by atoms with Crippen LogP contribution in [0.4, 0.5) is 10.5 Å². The molecular formula is C14H21NO4. The molecule has 3 N–H and O–H groups in total. The molecule has 5 heteroatoms. The Labute approximate surface area is 113 Å². The first kappa shape index (κ1) is 15.3. The number of anilines is 1. The van der Waals surface area contributed by atoms with Crippen LogP contribution < -0.4 is 5.32 Å². The lowest BCUT2D eigenvalue weighted by molar-refractivity contribution is 0.0635. The molecular weight excluding hydrogens is 246 g/mol. The van der Waals surface area contributed by atoms with E-state index >= 15 is 0 Å². The molecule has 0 fully saturated rings. The quantitative estimate of drug-likeness (QED) is 0.736. The van der Waals surface area contributed by atoms with Gasteiger partial charge < -0.3 is 14.9 Å². The lowest BCUT2D eigenvalue weighted by Crippen LogP contribution is -2.27. The summed E-state index contributed by atoms with van der Waals surface area (Å²) in [5.74, 6) is -0.0415. The molecule has 0 unspecified atom stereocenters. The van der Waals surface area contributed by atoms with E-state index in [1.54, 1.807) is 39.8 Å². The van der Waals surface area contributed by atoms with Gasteiger partial charge in [-0.2, -0.15) is 0 Å². The van der Waals surface area contributed by atoms with E-state index < -0.39 is 17.8 Å². The van der Waals surface area contributed by atoms with Gasteiger partial charge in [-0.15, -0.1) is 0 Å². The van der Waals surface area contributed by atoms with Crippen LogP contribution in [0.3, 0.4) is 0 Å². The van der Waals surface area contributed by atoms with E-state index in [0.717, 1.165) is 5.56 Å². The summed E-state index contributed by atoms with van der Waals surface area (Å²) >= 11 is 0. The third-order valence-corrected chi connectivity index (χ3v) is 2.23. The number of aliphatic hydroxyl groups excluding tert-OH is 1. The molecule has 0 bridgehead atoms. The van der Waals surface area contributed by atoms with Crippen molar-refractivity contribution in [2.24, 2.45) is 0 Å². The lowest BCUT2D eigenvalue weighted by Gasteiger charge is -2.20. The summed E-state index contributed by atoms with van der Waals surface area (Å²) in [6.07, 6.45) is -0.667. The Bertz CT molecular complexity index is 449. The highest BCUT2D eigenvalue weighted by molar-refractivity contribution is 5.87. The van der Waals surface area contributed by atoms with E-state index in [1.807, 2.05) is 0 Å². The fourth-order valence-electron chi connectivity index (χ4n) is 1.56. The van der Waals surface area contributed by atoms with Gasteiger partial charge in [-0.05, 0) is 51.8 Å². The van der Waals surface area contributed by atoms with Crippen molar-refractivity contribution in [3.63, 3.8) is 0 Å². The molecule has 0 aliphatic carbocycles. The summed E-state index contributed by atoms with van der Waals surface area (Å²) in [6, 6.07) is 4.79. The standard InChI is InChI=1S/C14H21NO4/c1-9(16)7-10-5-6-12(17)11(8-10)15-13(18)19-14(2,3)4/h5-6,8-9,16-17H,7H2,1-4H3,(H,15,18)/t9-/m0/s1. The van der Waals surface area contributed by atoms with Crippen molar-refractivity contribution in [1.82, 2.24) is 0 Å². The zero-order valence-electron chi connectivity index (χ0n) is 11.7. The number of phenolic OH excluding ortho intramolecular Hbond substituents is 1. The van der Waals surface area contributed by atoms with Crippen LogP contribution in [0.5, 0.6) is 5.75 Å². The molecule has 0 aliphatic heterocycles. The summed E-state index contributed by atoms with van der Waals surface area (Å²) in [4.78, 5) is 11.6. The van der Waals surface area contributed by atoms with Gasteiger partial charge in [0.15, 0.2) is 0 Å². The van der Waals surface area contributed by atoms with Crippen LogP contribution in [-0.2, 0) is 11.2 Å². The Kier molecular flexibility index (Phi) is 4.78. The minimum Gasteiger partial charge on any atom is -0.506 e. The van der Waals surface area contributed by atoms with Gasteiger partial charge in [-0.3, -0.25) is 5.32 Å². The Morgan fingerprint density at radius 1 is 1.42 bits per heavy atom. The largest absolute Gasteiger partial charge is 0.506 e. The zero-order valence-corrected chi connectivity index (χ0v) is 11.7. The van der Waals surface area contributed by atoms with E-state index in [-0.39, 0.29) is 11.4 Å². The number of nitrogens with one attached hydrogen (secondary N) is 1. The predicted octanol–water partition coefficient (Wildman–Crippen LogP) is 2.66. The van der Waals surface area contributed by atoms with E-state index in [9.17, 15) is 15.0 Å². The Morgan fingerprint density at radius 2 is 2.05 bits per heavy atom. The van der Waals surface area contributed by atoms with E-state index in [2.05, 4.69) is 5.32 Å². The summed E-state index contributed by atoms with van der Waals surface area (Å²) in [6.45, 7) is 6.96. The second kappa shape index (κ2) is 5.93. The number of carbonyl (C=O) groups is 1. The van der Waals surface area contributed by atoms with Crippen molar-refractivity contribution in [3.8, 4) is 5.75 Å². The minimum atomic E-state index is -0.628. The monoisotopic (exact) mass is 267 g/mol.